The van der Waals surface area contributed by atoms with E-state index in [1.165, 1.54) is 17.5 Å². The number of hydrogen-bond donors (Lipinski definition) is 5. The summed E-state index contributed by atoms with van der Waals surface area (Å²) in [5.74, 6) is -1.39. The standard InChI is InChI=1S/C23H29N7O5S2/c1-30-12-15(11-28-30)14-9-13-4-7-35-21(13)18(10-14)37(33,34)29-17-5-8-36-22(17)20(32)19(31)16(24)3-2-6-27-23(25)26/h5,8-12,16,23,27,29H,2-4,6-7,24-26H2,1H3/t16-/m0/s1. The van der Waals surface area contributed by atoms with Crippen LogP contribution in [0.1, 0.15) is 28.1 Å². The lowest BCUT2D eigenvalue weighted by Gasteiger charge is -2.14. The van der Waals surface area contributed by atoms with Gasteiger partial charge in [-0.2, -0.15) is 5.10 Å². The fourth-order valence-corrected chi connectivity index (χ4v) is 6.12. The SMILES string of the molecule is Cn1cc(-c2cc3c(c(S(=O)(=O)Nc4ccsc4C(=O)C(=O)[C@@H](N)CCCNC(N)N)c2)OCC3)cn1. The van der Waals surface area contributed by atoms with Crippen LogP contribution in [-0.4, -0.2) is 55.2 Å². The van der Waals surface area contributed by atoms with E-state index in [0.717, 1.165) is 22.5 Å². The van der Waals surface area contributed by atoms with Gasteiger partial charge < -0.3 is 21.9 Å². The van der Waals surface area contributed by atoms with Gasteiger partial charge in [0.15, 0.2) is 0 Å². The van der Waals surface area contributed by atoms with Crippen LogP contribution < -0.4 is 32.0 Å². The highest BCUT2D eigenvalue weighted by atomic mass is 32.2. The minimum Gasteiger partial charge on any atom is -0.492 e. The van der Waals surface area contributed by atoms with Crippen molar-refractivity contribution >= 4 is 38.6 Å². The lowest BCUT2D eigenvalue weighted by atomic mass is 10.0. The van der Waals surface area contributed by atoms with Gasteiger partial charge in [0.2, 0.25) is 11.6 Å². The van der Waals surface area contributed by atoms with Gasteiger partial charge in [-0.05, 0) is 54.1 Å². The summed E-state index contributed by atoms with van der Waals surface area (Å²) in [6.07, 6.45) is 4.02. The number of hydrogen-bond acceptors (Lipinski definition) is 11. The van der Waals surface area contributed by atoms with E-state index in [1.807, 2.05) is 6.07 Å². The third-order valence-electron chi connectivity index (χ3n) is 5.83. The highest BCUT2D eigenvalue weighted by molar-refractivity contribution is 7.92. The first-order valence-corrected chi connectivity index (χ1v) is 13.9. The van der Waals surface area contributed by atoms with Crippen LogP contribution in [0, 0.1) is 0 Å². The van der Waals surface area contributed by atoms with Crippen LogP contribution in [0.25, 0.3) is 11.1 Å². The van der Waals surface area contributed by atoms with Crippen molar-refractivity contribution in [1.29, 1.82) is 0 Å². The van der Waals surface area contributed by atoms with Crippen LogP contribution in [0.3, 0.4) is 0 Å². The average Bonchev–Trinajstić information content (AvgIpc) is 3.60. The number of ether oxygens (including phenoxy) is 1. The molecule has 1 aromatic carbocycles. The normalized spacial score (nSPS) is 13.9. The topological polar surface area (TPSA) is 197 Å². The van der Waals surface area contributed by atoms with Gasteiger partial charge >= 0.3 is 0 Å². The Bertz CT molecular complexity index is 1410. The molecule has 0 fully saturated rings. The van der Waals surface area contributed by atoms with Gasteiger partial charge in [-0.25, -0.2) is 8.42 Å². The number of carbonyl (C=O) groups is 2. The number of ketones is 2. The predicted octanol–water partition coefficient (Wildman–Crippen LogP) is 0.534. The number of rotatable bonds is 12. The van der Waals surface area contributed by atoms with Crippen LogP contribution in [0.4, 0.5) is 5.69 Å². The first-order valence-electron chi connectivity index (χ1n) is 11.5. The molecule has 4 rings (SSSR count). The first kappa shape index (κ1) is 26.9. The summed E-state index contributed by atoms with van der Waals surface area (Å²) < 4.78 is 36.7. The van der Waals surface area contributed by atoms with Crippen LogP contribution in [0.2, 0.25) is 0 Å². The van der Waals surface area contributed by atoms with Gasteiger partial charge in [0.05, 0.1) is 24.5 Å². The molecule has 14 heteroatoms. The van der Waals surface area contributed by atoms with Gasteiger partial charge in [-0.1, -0.05) is 0 Å². The number of sulfonamides is 1. The van der Waals surface area contributed by atoms with Gasteiger partial charge in [0.1, 0.15) is 21.8 Å². The van der Waals surface area contributed by atoms with Crippen molar-refractivity contribution in [2.45, 2.75) is 36.5 Å². The third kappa shape index (κ3) is 6.06. The molecule has 1 atom stereocenters. The number of aryl methyl sites for hydroxylation is 1. The zero-order valence-corrected chi connectivity index (χ0v) is 21.8. The Balaban J connectivity index is 1.55. The summed E-state index contributed by atoms with van der Waals surface area (Å²) >= 11 is 0.959. The molecule has 0 amide bonds. The molecular formula is C23H29N7O5S2. The zero-order chi connectivity index (χ0) is 26.7. The van der Waals surface area contributed by atoms with E-state index in [4.69, 9.17) is 21.9 Å². The molecule has 2 aromatic heterocycles. The Kier molecular flexibility index (Phi) is 8.06. The maximum Gasteiger partial charge on any atom is 0.265 e. The molecule has 0 radical (unpaired) electrons. The van der Waals surface area contributed by atoms with E-state index in [-0.39, 0.29) is 27.6 Å². The highest BCUT2D eigenvalue weighted by Crippen LogP contribution is 2.38. The van der Waals surface area contributed by atoms with E-state index in [1.54, 1.807) is 24.1 Å². The number of nitrogens with one attached hydrogen (secondary N) is 2. The Morgan fingerprint density at radius 3 is 2.73 bits per heavy atom. The Morgan fingerprint density at radius 1 is 1.24 bits per heavy atom. The number of fused-ring (bicyclic) bond motifs is 1. The molecule has 12 nitrogen and oxygen atoms in total. The number of nitrogens with zero attached hydrogens (tertiary/aromatic N) is 2. The number of aromatic nitrogens is 2. The molecule has 1 aliphatic rings. The fourth-order valence-electron chi connectivity index (χ4n) is 3.98. The first-order chi connectivity index (χ1) is 17.6. The van der Waals surface area contributed by atoms with Gasteiger partial charge in [0.25, 0.3) is 10.0 Å². The molecule has 0 bridgehead atoms. The molecule has 3 aromatic rings. The van der Waals surface area contributed by atoms with Crippen molar-refractivity contribution in [3.63, 3.8) is 0 Å². The van der Waals surface area contributed by atoms with Crippen molar-refractivity contribution in [2.24, 2.45) is 24.2 Å². The van der Waals surface area contributed by atoms with Crippen LogP contribution >= 0.6 is 11.3 Å². The number of thiophene rings is 1. The van der Waals surface area contributed by atoms with E-state index in [0.29, 0.717) is 31.6 Å². The largest absolute Gasteiger partial charge is 0.492 e. The monoisotopic (exact) mass is 547 g/mol. The summed E-state index contributed by atoms with van der Waals surface area (Å²) in [7, 11) is -2.41. The third-order valence-corrected chi connectivity index (χ3v) is 8.11. The van der Waals surface area contributed by atoms with Crippen LogP contribution in [-0.2, 0) is 28.3 Å². The van der Waals surface area contributed by atoms with Gasteiger partial charge in [0, 0.05) is 25.2 Å². The summed E-state index contributed by atoms with van der Waals surface area (Å²) in [6, 6.07) is 3.80. The lowest BCUT2D eigenvalue weighted by molar-refractivity contribution is -0.116. The average molecular weight is 548 g/mol. The fraction of sp³-hybridized carbons (Fsp3) is 0.348. The number of benzene rings is 1. The molecule has 0 spiro atoms. The summed E-state index contributed by atoms with van der Waals surface area (Å²) in [5.41, 5.74) is 18.9. The Morgan fingerprint density at radius 2 is 2.03 bits per heavy atom. The van der Waals surface area contributed by atoms with Crippen molar-refractivity contribution in [1.82, 2.24) is 15.1 Å². The quantitative estimate of drug-likeness (QED) is 0.0923. The second-order valence-corrected chi connectivity index (χ2v) is 11.2. The number of anilines is 1. The maximum absolute atomic E-state index is 13.5. The zero-order valence-electron chi connectivity index (χ0n) is 20.1. The predicted molar refractivity (Wildman–Crippen MR) is 140 cm³/mol. The minimum atomic E-state index is -4.18. The number of carbonyl (C=O) groups excluding carboxylic acids is 2. The highest BCUT2D eigenvalue weighted by Gasteiger charge is 2.31. The molecule has 8 N–H and O–H groups in total. The molecule has 1 aliphatic heterocycles. The van der Waals surface area contributed by atoms with Crippen molar-refractivity contribution in [3.8, 4) is 16.9 Å². The molecule has 0 saturated carbocycles. The minimum absolute atomic E-state index is 0.00449. The lowest BCUT2D eigenvalue weighted by Crippen LogP contribution is -2.46. The summed E-state index contributed by atoms with van der Waals surface area (Å²) in [4.78, 5) is 25.5. The molecular weight excluding hydrogens is 518 g/mol. The molecule has 0 unspecified atom stereocenters. The Hall–Kier alpha value is -3.14. The number of nitrogens with two attached hydrogens (primary N) is 3. The molecule has 198 valence electrons. The van der Waals surface area contributed by atoms with Crippen LogP contribution in [0.15, 0.2) is 40.9 Å². The maximum atomic E-state index is 13.5. The van der Waals surface area contributed by atoms with Crippen molar-refractivity contribution in [3.05, 3.63) is 46.4 Å². The van der Waals surface area contributed by atoms with E-state index >= 15 is 0 Å². The second-order valence-electron chi connectivity index (χ2n) is 8.65. The summed E-state index contributed by atoms with van der Waals surface area (Å²) in [5, 5.41) is 8.48. The van der Waals surface area contributed by atoms with E-state index in [9.17, 15) is 18.0 Å². The van der Waals surface area contributed by atoms with Crippen molar-refractivity contribution < 1.29 is 22.7 Å². The Labute approximate surface area is 218 Å². The van der Waals surface area contributed by atoms with E-state index < -0.39 is 33.9 Å². The molecule has 37 heavy (non-hydrogen) atoms. The second kappa shape index (κ2) is 11.1. The van der Waals surface area contributed by atoms with Crippen LogP contribution in [0.5, 0.6) is 5.75 Å². The van der Waals surface area contributed by atoms with Gasteiger partial charge in [-0.15, -0.1) is 11.3 Å². The molecule has 3 heterocycles. The molecule has 0 aliphatic carbocycles. The smallest absolute Gasteiger partial charge is 0.265 e. The molecule has 0 saturated heterocycles. The van der Waals surface area contributed by atoms with Gasteiger partial charge in [-0.3, -0.25) is 24.3 Å². The van der Waals surface area contributed by atoms with Crippen molar-refractivity contribution in [2.75, 3.05) is 17.9 Å². The van der Waals surface area contributed by atoms with E-state index in [2.05, 4.69) is 15.1 Å². The number of Topliss-reactive ketones (excluding diaryl/α,β-unsaturated/α-hetero) is 2. The summed E-state index contributed by atoms with van der Waals surface area (Å²) in [6.45, 7) is 0.789.